The molecule has 146 valence electrons. The number of benzene rings is 1. The van der Waals surface area contributed by atoms with Gasteiger partial charge in [-0.1, -0.05) is 17.7 Å². The average molecular weight is 419 g/mol. The molecular formula is C18H10ClF3N6O. The van der Waals surface area contributed by atoms with E-state index in [2.05, 4.69) is 20.5 Å². The van der Waals surface area contributed by atoms with Crippen LogP contribution in [0.15, 0.2) is 55.3 Å². The van der Waals surface area contributed by atoms with Crippen molar-refractivity contribution in [3.8, 4) is 11.8 Å². The fourth-order valence-electron chi connectivity index (χ4n) is 2.94. The van der Waals surface area contributed by atoms with Gasteiger partial charge in [-0.15, -0.1) is 0 Å². The summed E-state index contributed by atoms with van der Waals surface area (Å²) in [6.45, 7) is 0. The van der Waals surface area contributed by atoms with Gasteiger partial charge in [-0.25, -0.2) is 14.6 Å². The number of hydrogen-bond donors (Lipinski definition) is 1. The Morgan fingerprint density at radius 2 is 2.07 bits per heavy atom. The van der Waals surface area contributed by atoms with Crippen LogP contribution >= 0.6 is 11.6 Å². The lowest BCUT2D eigenvalue weighted by Gasteiger charge is -2.28. The quantitative estimate of drug-likeness (QED) is 0.655. The number of halogens is 4. The van der Waals surface area contributed by atoms with Gasteiger partial charge < -0.3 is 0 Å². The first-order valence-electron chi connectivity index (χ1n) is 8.09. The minimum absolute atomic E-state index is 0.0527. The van der Waals surface area contributed by atoms with E-state index in [9.17, 15) is 18.4 Å². The van der Waals surface area contributed by atoms with E-state index in [1.54, 1.807) is 12.1 Å². The molecule has 0 bridgehead atoms. The highest BCUT2D eigenvalue weighted by Crippen LogP contribution is 2.47. The first-order chi connectivity index (χ1) is 13.8. The Bertz CT molecular complexity index is 1140. The minimum atomic E-state index is -4.79. The standard InChI is InChI=1S/C18H10ClF3N6O/c19-16-6-13(3-4-25-16)17(18(20,21)22)7-14(27-29-17)11-1-2-15(12(5-11)8-23)28-10-24-9-26-28/h1-7,9-10,27H. The van der Waals surface area contributed by atoms with E-state index in [1.807, 2.05) is 6.07 Å². The third-order valence-electron chi connectivity index (χ3n) is 4.34. The number of nitrogens with zero attached hydrogens (tertiary/aromatic N) is 5. The first kappa shape index (κ1) is 18.9. The summed E-state index contributed by atoms with van der Waals surface area (Å²) >= 11 is 5.77. The molecule has 0 fully saturated rings. The molecule has 29 heavy (non-hydrogen) atoms. The van der Waals surface area contributed by atoms with Gasteiger partial charge in [0.25, 0.3) is 0 Å². The fraction of sp³-hybridized carbons (Fsp3) is 0.111. The SMILES string of the molecule is N#Cc1cc(C2=CC(c3ccnc(Cl)c3)(C(F)(F)F)ON2)ccc1-n1cncn1. The molecule has 0 saturated carbocycles. The lowest BCUT2D eigenvalue weighted by Crippen LogP contribution is -2.42. The van der Waals surface area contributed by atoms with Crippen molar-refractivity contribution >= 4 is 17.3 Å². The van der Waals surface area contributed by atoms with Crippen LogP contribution in [0.4, 0.5) is 13.2 Å². The summed E-state index contributed by atoms with van der Waals surface area (Å²) in [6.07, 6.45) is 0.00585. The van der Waals surface area contributed by atoms with Crippen molar-refractivity contribution in [3.05, 3.63) is 77.1 Å². The van der Waals surface area contributed by atoms with Crippen molar-refractivity contribution in [2.24, 2.45) is 0 Å². The van der Waals surface area contributed by atoms with Crippen LogP contribution in [0.3, 0.4) is 0 Å². The molecule has 0 amide bonds. The van der Waals surface area contributed by atoms with Crippen molar-refractivity contribution in [1.29, 1.82) is 5.26 Å². The molecular weight excluding hydrogens is 409 g/mol. The number of nitrogens with one attached hydrogen (secondary N) is 1. The van der Waals surface area contributed by atoms with Crippen molar-refractivity contribution in [2.75, 3.05) is 0 Å². The van der Waals surface area contributed by atoms with Gasteiger partial charge >= 0.3 is 6.18 Å². The number of hydrogen-bond acceptors (Lipinski definition) is 6. The van der Waals surface area contributed by atoms with Crippen LogP contribution in [-0.2, 0) is 10.4 Å². The normalized spacial score (nSPS) is 18.8. The Morgan fingerprint density at radius 1 is 1.24 bits per heavy atom. The van der Waals surface area contributed by atoms with Crippen LogP contribution in [0.25, 0.3) is 11.4 Å². The van der Waals surface area contributed by atoms with Gasteiger partial charge in [0.05, 0.1) is 16.9 Å². The van der Waals surface area contributed by atoms with Gasteiger partial charge in [0, 0.05) is 17.3 Å². The van der Waals surface area contributed by atoms with Crippen molar-refractivity contribution < 1.29 is 18.0 Å². The molecule has 0 aliphatic carbocycles. The molecule has 4 rings (SSSR count). The van der Waals surface area contributed by atoms with Crippen LogP contribution in [0.2, 0.25) is 5.15 Å². The topological polar surface area (TPSA) is 88.6 Å². The van der Waals surface area contributed by atoms with Crippen molar-refractivity contribution in [2.45, 2.75) is 11.8 Å². The summed E-state index contributed by atoms with van der Waals surface area (Å²) in [5, 5.41) is 13.3. The van der Waals surface area contributed by atoms with E-state index >= 15 is 0 Å². The van der Waals surface area contributed by atoms with E-state index in [0.717, 1.165) is 12.1 Å². The van der Waals surface area contributed by atoms with Crippen LogP contribution in [-0.4, -0.2) is 25.9 Å². The maximum absolute atomic E-state index is 14.0. The predicted molar refractivity (Wildman–Crippen MR) is 95.3 cm³/mol. The molecule has 1 aromatic carbocycles. The molecule has 1 aliphatic heterocycles. The van der Waals surface area contributed by atoms with Gasteiger partial charge in [0.2, 0.25) is 5.60 Å². The van der Waals surface area contributed by atoms with Gasteiger partial charge in [-0.3, -0.25) is 10.3 Å². The summed E-state index contributed by atoms with van der Waals surface area (Å²) in [5.74, 6) is 0. The molecule has 1 atom stereocenters. The fourth-order valence-corrected chi connectivity index (χ4v) is 3.12. The van der Waals surface area contributed by atoms with Crippen molar-refractivity contribution in [1.82, 2.24) is 25.2 Å². The molecule has 0 radical (unpaired) electrons. The van der Waals surface area contributed by atoms with Gasteiger partial charge in [-0.2, -0.15) is 23.5 Å². The number of rotatable bonds is 3. The van der Waals surface area contributed by atoms with Gasteiger partial charge in [0.15, 0.2) is 0 Å². The Morgan fingerprint density at radius 3 is 2.72 bits per heavy atom. The maximum atomic E-state index is 14.0. The predicted octanol–water partition coefficient (Wildman–Crippen LogP) is 3.52. The molecule has 0 spiro atoms. The second kappa shape index (κ2) is 6.88. The second-order valence-electron chi connectivity index (χ2n) is 6.05. The smallest absolute Gasteiger partial charge is 0.265 e. The zero-order valence-corrected chi connectivity index (χ0v) is 15.1. The molecule has 2 aromatic heterocycles. The highest BCUT2D eigenvalue weighted by Gasteiger charge is 2.59. The molecule has 1 unspecified atom stereocenters. The molecule has 3 heterocycles. The lowest BCUT2D eigenvalue weighted by molar-refractivity contribution is -0.269. The molecule has 1 aliphatic rings. The molecule has 0 saturated heterocycles. The first-order valence-corrected chi connectivity index (χ1v) is 8.47. The molecule has 1 N–H and O–H groups in total. The summed E-state index contributed by atoms with van der Waals surface area (Å²) in [7, 11) is 0. The van der Waals surface area contributed by atoms with E-state index in [0.29, 0.717) is 11.3 Å². The maximum Gasteiger partial charge on any atom is 0.428 e. The van der Waals surface area contributed by atoms with E-state index in [1.165, 1.54) is 35.7 Å². The minimum Gasteiger partial charge on any atom is -0.265 e. The monoisotopic (exact) mass is 418 g/mol. The Labute approximate surface area is 167 Å². The summed E-state index contributed by atoms with van der Waals surface area (Å²) in [6, 6.07) is 8.81. The van der Waals surface area contributed by atoms with Crippen LogP contribution in [0.5, 0.6) is 0 Å². The summed E-state index contributed by atoms with van der Waals surface area (Å²) in [5.41, 5.74) is 0.365. The Balaban J connectivity index is 1.80. The zero-order chi connectivity index (χ0) is 20.6. The number of alkyl halides is 3. The van der Waals surface area contributed by atoms with E-state index in [4.69, 9.17) is 16.4 Å². The van der Waals surface area contributed by atoms with Crippen molar-refractivity contribution in [3.63, 3.8) is 0 Å². The molecule has 7 nitrogen and oxygen atoms in total. The van der Waals surface area contributed by atoms with Crippen LogP contribution in [0, 0.1) is 11.3 Å². The third-order valence-corrected chi connectivity index (χ3v) is 4.55. The summed E-state index contributed by atoms with van der Waals surface area (Å²) in [4.78, 5) is 12.6. The molecule has 11 heteroatoms. The number of pyridine rings is 1. The largest absolute Gasteiger partial charge is 0.428 e. The van der Waals surface area contributed by atoms with Gasteiger partial charge in [0.1, 0.15) is 23.9 Å². The van der Waals surface area contributed by atoms with E-state index < -0.39 is 11.8 Å². The number of hydroxylamine groups is 1. The zero-order valence-electron chi connectivity index (χ0n) is 14.4. The highest BCUT2D eigenvalue weighted by atomic mass is 35.5. The second-order valence-corrected chi connectivity index (χ2v) is 6.43. The highest BCUT2D eigenvalue weighted by molar-refractivity contribution is 6.29. The van der Waals surface area contributed by atoms with Crippen LogP contribution < -0.4 is 5.48 Å². The van der Waals surface area contributed by atoms with Crippen LogP contribution in [0.1, 0.15) is 16.7 Å². The molecule has 3 aromatic rings. The Hall–Kier alpha value is -3.42. The lowest BCUT2D eigenvalue weighted by atomic mass is 9.92. The Kier molecular flexibility index (Phi) is 4.49. The number of aromatic nitrogens is 4. The third kappa shape index (κ3) is 3.20. The average Bonchev–Trinajstić information content (AvgIpc) is 3.38. The summed E-state index contributed by atoms with van der Waals surface area (Å²) < 4.78 is 43.3. The van der Waals surface area contributed by atoms with Gasteiger partial charge in [-0.05, 0) is 30.3 Å². The number of nitriles is 1. The van der Waals surface area contributed by atoms with E-state index in [-0.39, 0.29) is 22.0 Å².